The maximum Gasteiger partial charge on any atom is 0.289 e. The van der Waals surface area contributed by atoms with Gasteiger partial charge in [0.2, 0.25) is 29.4 Å². The number of ketones is 1. The molecule has 3 fully saturated rings. The van der Waals surface area contributed by atoms with Gasteiger partial charge in [0, 0.05) is 31.5 Å². The van der Waals surface area contributed by atoms with E-state index in [1.165, 1.54) is 11.9 Å². The molecule has 11 nitrogen and oxygen atoms in total. The predicted octanol–water partition coefficient (Wildman–Crippen LogP) is 0.947. The molecule has 0 aromatic heterocycles. The molecule has 2 aliphatic carbocycles. The summed E-state index contributed by atoms with van der Waals surface area (Å²) >= 11 is 0. The zero-order valence-corrected chi connectivity index (χ0v) is 23.6. The molecule has 1 aliphatic heterocycles. The summed E-state index contributed by atoms with van der Waals surface area (Å²) in [6.45, 7) is 4.05. The molecular formula is C28H45N5O6. The lowest BCUT2D eigenvalue weighted by molar-refractivity contribution is -0.144. The second kappa shape index (κ2) is 14.4. The van der Waals surface area contributed by atoms with Gasteiger partial charge in [0.15, 0.2) is 0 Å². The highest BCUT2D eigenvalue weighted by Crippen LogP contribution is 2.24. The molecule has 0 radical (unpaired) electrons. The Morgan fingerprint density at radius 1 is 0.974 bits per heavy atom. The van der Waals surface area contributed by atoms with Gasteiger partial charge in [0.25, 0.3) is 5.91 Å². The van der Waals surface area contributed by atoms with E-state index in [0.717, 1.165) is 51.4 Å². The molecule has 3 aliphatic rings. The number of amides is 5. The number of rotatable bonds is 13. The lowest BCUT2D eigenvalue weighted by Crippen LogP contribution is -2.57. The van der Waals surface area contributed by atoms with Crippen molar-refractivity contribution in [1.29, 1.82) is 0 Å². The van der Waals surface area contributed by atoms with E-state index in [9.17, 15) is 28.8 Å². The fraction of sp³-hybridized carbons (Fsp3) is 0.786. The van der Waals surface area contributed by atoms with Crippen molar-refractivity contribution in [3.63, 3.8) is 0 Å². The van der Waals surface area contributed by atoms with E-state index < -0.39 is 47.5 Å². The van der Waals surface area contributed by atoms with Crippen LogP contribution in [0.3, 0.4) is 0 Å². The van der Waals surface area contributed by atoms with E-state index in [1.54, 1.807) is 6.92 Å². The molecule has 0 spiro atoms. The molecule has 0 bridgehead atoms. The second-order valence-corrected chi connectivity index (χ2v) is 11.4. The fourth-order valence-electron chi connectivity index (χ4n) is 5.48. The van der Waals surface area contributed by atoms with Gasteiger partial charge in [-0.05, 0) is 58.3 Å². The third kappa shape index (κ3) is 8.76. The van der Waals surface area contributed by atoms with Gasteiger partial charge in [0.1, 0.15) is 12.1 Å². The molecule has 0 unspecified atom stereocenters. The standard InChI is InChI=1S/C28H45N5O6/c1-4-9-22(33(3)28(39)17(2)30-25(36)18-10-6-5-7-11-18)26(37)32-21(16-19-12-8-15-29-24(19)35)23(34)27(38)31-20-13-14-20/h17-22H,4-16H2,1-3H3,(H,29,35)(H,30,36)(H,31,38)(H,32,37)/t17-,19+,21+,22+/m1/s1. The number of hydrogen-bond acceptors (Lipinski definition) is 6. The Labute approximate surface area is 231 Å². The van der Waals surface area contributed by atoms with Crippen molar-refractivity contribution < 1.29 is 28.8 Å². The first-order valence-corrected chi connectivity index (χ1v) is 14.6. The largest absolute Gasteiger partial charge is 0.356 e. The zero-order chi connectivity index (χ0) is 28.5. The van der Waals surface area contributed by atoms with Crippen molar-refractivity contribution in [1.82, 2.24) is 26.2 Å². The molecule has 4 atom stereocenters. The summed E-state index contributed by atoms with van der Waals surface area (Å²) in [7, 11) is 1.51. The van der Waals surface area contributed by atoms with Crippen LogP contribution in [-0.4, -0.2) is 78.0 Å². The van der Waals surface area contributed by atoms with E-state index >= 15 is 0 Å². The number of nitrogens with one attached hydrogen (secondary N) is 4. The molecular weight excluding hydrogens is 502 g/mol. The Hall–Kier alpha value is -2.98. The van der Waals surface area contributed by atoms with Crippen LogP contribution in [0.15, 0.2) is 0 Å². The van der Waals surface area contributed by atoms with E-state index in [-0.39, 0.29) is 30.2 Å². The maximum absolute atomic E-state index is 13.5. The van der Waals surface area contributed by atoms with Crippen LogP contribution in [0.1, 0.15) is 90.9 Å². The van der Waals surface area contributed by atoms with Crippen molar-refractivity contribution in [2.24, 2.45) is 11.8 Å². The second-order valence-electron chi connectivity index (χ2n) is 11.4. The van der Waals surface area contributed by atoms with Gasteiger partial charge < -0.3 is 26.2 Å². The molecule has 1 heterocycles. The minimum Gasteiger partial charge on any atom is -0.356 e. The Morgan fingerprint density at radius 2 is 1.67 bits per heavy atom. The third-order valence-corrected chi connectivity index (χ3v) is 8.07. The minimum atomic E-state index is -1.18. The summed E-state index contributed by atoms with van der Waals surface area (Å²) < 4.78 is 0. The van der Waals surface area contributed by atoms with E-state index in [0.29, 0.717) is 25.8 Å². The highest BCUT2D eigenvalue weighted by atomic mass is 16.2. The number of hydrogen-bond donors (Lipinski definition) is 4. The summed E-state index contributed by atoms with van der Waals surface area (Å²) in [6, 6.07) is -2.93. The highest BCUT2D eigenvalue weighted by molar-refractivity contribution is 6.38. The van der Waals surface area contributed by atoms with E-state index in [4.69, 9.17) is 0 Å². The van der Waals surface area contributed by atoms with Crippen molar-refractivity contribution >= 4 is 35.3 Å². The molecule has 11 heteroatoms. The van der Waals surface area contributed by atoms with Crippen molar-refractivity contribution in [3.8, 4) is 0 Å². The van der Waals surface area contributed by atoms with Crippen LogP contribution in [0, 0.1) is 11.8 Å². The van der Waals surface area contributed by atoms with Crippen LogP contribution in [0.5, 0.6) is 0 Å². The van der Waals surface area contributed by atoms with E-state index in [2.05, 4.69) is 21.3 Å². The number of Topliss-reactive ketones (excluding diaryl/α,β-unsaturated/α-hetero) is 1. The van der Waals surface area contributed by atoms with Crippen LogP contribution in [0.2, 0.25) is 0 Å². The van der Waals surface area contributed by atoms with Gasteiger partial charge in [-0.2, -0.15) is 0 Å². The number of likely N-dealkylation sites (N-methyl/N-ethyl adjacent to an activating group) is 1. The first-order valence-electron chi connectivity index (χ1n) is 14.6. The summed E-state index contributed by atoms with van der Waals surface area (Å²) in [5.74, 6) is -3.46. The summed E-state index contributed by atoms with van der Waals surface area (Å²) in [6.07, 6.45) is 8.60. The molecule has 3 rings (SSSR count). The smallest absolute Gasteiger partial charge is 0.289 e. The Bertz CT molecular complexity index is 929. The van der Waals surface area contributed by atoms with Gasteiger partial charge in [-0.25, -0.2) is 0 Å². The van der Waals surface area contributed by atoms with Gasteiger partial charge >= 0.3 is 0 Å². The molecule has 2 saturated carbocycles. The first kappa shape index (κ1) is 30.6. The minimum absolute atomic E-state index is 0.0127. The monoisotopic (exact) mass is 547 g/mol. The summed E-state index contributed by atoms with van der Waals surface area (Å²) in [5.41, 5.74) is 0. The van der Waals surface area contributed by atoms with Crippen molar-refractivity contribution in [3.05, 3.63) is 0 Å². The van der Waals surface area contributed by atoms with Crippen LogP contribution < -0.4 is 21.3 Å². The van der Waals surface area contributed by atoms with Crippen molar-refractivity contribution in [2.45, 2.75) is 115 Å². The van der Waals surface area contributed by atoms with E-state index in [1.807, 2.05) is 6.92 Å². The normalized spacial score (nSPS) is 22.0. The topological polar surface area (TPSA) is 154 Å². The van der Waals surface area contributed by atoms with Crippen LogP contribution in [-0.2, 0) is 28.8 Å². The molecule has 218 valence electrons. The average molecular weight is 548 g/mol. The SMILES string of the molecule is CCC[C@@H](C(=O)N[C@@H](C[C@@H]1CCCNC1=O)C(=O)C(=O)NC1CC1)N(C)C(=O)[C@@H](C)NC(=O)C1CCCCC1. The molecule has 1 saturated heterocycles. The number of carbonyl (C=O) groups excluding carboxylic acids is 6. The molecule has 4 N–H and O–H groups in total. The summed E-state index contributed by atoms with van der Waals surface area (Å²) in [5, 5.41) is 11.0. The van der Waals surface area contributed by atoms with Gasteiger partial charge in [-0.1, -0.05) is 32.6 Å². The maximum atomic E-state index is 13.5. The lowest BCUT2D eigenvalue weighted by Gasteiger charge is -2.32. The molecule has 5 amide bonds. The lowest BCUT2D eigenvalue weighted by atomic mass is 9.88. The Balaban J connectivity index is 1.68. The highest BCUT2D eigenvalue weighted by Gasteiger charge is 2.38. The van der Waals surface area contributed by atoms with Gasteiger partial charge in [-0.15, -0.1) is 0 Å². The molecule has 0 aromatic rings. The van der Waals surface area contributed by atoms with Gasteiger partial charge in [0.05, 0.1) is 6.04 Å². The Morgan fingerprint density at radius 3 is 2.28 bits per heavy atom. The van der Waals surface area contributed by atoms with Gasteiger partial charge in [-0.3, -0.25) is 28.8 Å². The van der Waals surface area contributed by atoms with Crippen LogP contribution >= 0.6 is 0 Å². The van der Waals surface area contributed by atoms with Crippen LogP contribution in [0.25, 0.3) is 0 Å². The third-order valence-electron chi connectivity index (χ3n) is 8.07. The fourth-order valence-corrected chi connectivity index (χ4v) is 5.48. The molecule has 39 heavy (non-hydrogen) atoms. The number of nitrogens with zero attached hydrogens (tertiary/aromatic N) is 1. The predicted molar refractivity (Wildman–Crippen MR) is 144 cm³/mol. The Kier molecular flexibility index (Phi) is 11.3. The first-order chi connectivity index (χ1) is 18.6. The zero-order valence-electron chi connectivity index (χ0n) is 23.6. The quantitative estimate of drug-likeness (QED) is 0.252. The summed E-state index contributed by atoms with van der Waals surface area (Å²) in [4.78, 5) is 78.8. The average Bonchev–Trinajstić information content (AvgIpc) is 3.75. The number of carbonyl (C=O) groups is 6. The number of piperidine rings is 1. The molecule has 0 aromatic carbocycles. The van der Waals surface area contributed by atoms with Crippen molar-refractivity contribution in [2.75, 3.05) is 13.6 Å². The van der Waals surface area contributed by atoms with Crippen LogP contribution in [0.4, 0.5) is 0 Å².